The third-order valence-corrected chi connectivity index (χ3v) is 11.2. The smallest absolute Gasteiger partial charge is 0.137 e. The maximum atomic E-state index is 5.12. The number of imidazole rings is 1. The minimum Gasteiger partial charge on any atom is -0.299 e. The second-order valence-electron chi connectivity index (χ2n) is 14.4. The lowest BCUT2D eigenvalue weighted by Crippen LogP contribution is -1.92. The van der Waals surface area contributed by atoms with Gasteiger partial charge in [-0.25, -0.2) is 4.98 Å². The van der Waals surface area contributed by atoms with Crippen molar-refractivity contribution >= 4 is 48.7 Å². The molecule has 0 aliphatic rings. The van der Waals surface area contributed by atoms with Gasteiger partial charge in [0.2, 0.25) is 0 Å². The summed E-state index contributed by atoms with van der Waals surface area (Å²) in [5, 5.41) is 9.97. The standard InChI is InChI=1S/C53H34N2/c1-2-14-39(15-3-1)53-52(54-49-20-10-11-31-55(49)53)38-25-21-37(22-26-38)42-29-30-47-48(34-42)51(44-28-24-36-13-5-7-17-41(36)33-44)46-19-9-8-18-45(46)50(47)43-27-23-35-12-4-6-16-40(35)32-43/h1-34H. The molecule has 0 aliphatic heterocycles. The lowest BCUT2D eigenvalue weighted by atomic mass is 9.84. The first-order valence-corrected chi connectivity index (χ1v) is 18.9. The van der Waals surface area contributed by atoms with Gasteiger partial charge < -0.3 is 0 Å². The van der Waals surface area contributed by atoms with Crippen molar-refractivity contribution in [1.29, 1.82) is 0 Å². The zero-order valence-corrected chi connectivity index (χ0v) is 30.0. The van der Waals surface area contributed by atoms with Gasteiger partial charge in [-0.15, -0.1) is 0 Å². The highest BCUT2D eigenvalue weighted by molar-refractivity contribution is 6.22. The first-order chi connectivity index (χ1) is 27.3. The summed E-state index contributed by atoms with van der Waals surface area (Å²) in [6.07, 6.45) is 2.10. The van der Waals surface area contributed by atoms with Crippen molar-refractivity contribution in [3.8, 4) is 55.9 Å². The highest BCUT2D eigenvalue weighted by Gasteiger charge is 2.19. The first-order valence-electron chi connectivity index (χ1n) is 18.9. The van der Waals surface area contributed by atoms with Crippen LogP contribution in [-0.4, -0.2) is 9.38 Å². The molecule has 11 aromatic rings. The fourth-order valence-corrected chi connectivity index (χ4v) is 8.56. The molecule has 0 aliphatic carbocycles. The van der Waals surface area contributed by atoms with E-state index < -0.39 is 0 Å². The zero-order valence-electron chi connectivity index (χ0n) is 30.0. The molecular weight excluding hydrogens is 665 g/mol. The molecule has 0 spiro atoms. The summed E-state index contributed by atoms with van der Waals surface area (Å²) in [6, 6.07) is 72.7. The molecule has 0 fully saturated rings. The van der Waals surface area contributed by atoms with Gasteiger partial charge in [-0.05, 0) is 107 Å². The van der Waals surface area contributed by atoms with Gasteiger partial charge in [-0.1, -0.05) is 170 Å². The van der Waals surface area contributed by atoms with Crippen molar-refractivity contribution in [3.05, 3.63) is 206 Å². The molecule has 2 aromatic heterocycles. The molecule has 2 nitrogen and oxygen atoms in total. The predicted molar refractivity (Wildman–Crippen MR) is 232 cm³/mol. The summed E-state index contributed by atoms with van der Waals surface area (Å²) in [5.41, 5.74) is 12.6. The summed E-state index contributed by atoms with van der Waals surface area (Å²) in [7, 11) is 0. The Morgan fingerprint density at radius 1 is 0.309 bits per heavy atom. The fraction of sp³-hybridized carbons (Fsp3) is 0. The zero-order chi connectivity index (χ0) is 36.3. The van der Waals surface area contributed by atoms with Gasteiger partial charge in [-0.2, -0.15) is 0 Å². The third kappa shape index (κ3) is 5.22. The molecule has 0 atom stereocenters. The normalized spacial score (nSPS) is 11.6. The Hall–Kier alpha value is -7.29. The topological polar surface area (TPSA) is 17.3 Å². The maximum absolute atomic E-state index is 5.12. The summed E-state index contributed by atoms with van der Waals surface area (Å²) in [4.78, 5) is 5.12. The minimum absolute atomic E-state index is 0.936. The number of nitrogens with zero attached hydrogens (tertiary/aromatic N) is 2. The van der Waals surface area contributed by atoms with Crippen molar-refractivity contribution in [3.63, 3.8) is 0 Å². The molecule has 0 saturated carbocycles. The van der Waals surface area contributed by atoms with E-state index in [2.05, 4.69) is 205 Å². The van der Waals surface area contributed by atoms with Crippen LogP contribution < -0.4 is 0 Å². The monoisotopic (exact) mass is 698 g/mol. The van der Waals surface area contributed by atoms with E-state index in [9.17, 15) is 0 Å². The molecule has 256 valence electrons. The molecule has 0 N–H and O–H groups in total. The van der Waals surface area contributed by atoms with Gasteiger partial charge in [0.1, 0.15) is 5.65 Å². The molecular formula is C53H34N2. The quantitative estimate of drug-likeness (QED) is 0.164. The lowest BCUT2D eigenvalue weighted by molar-refractivity contribution is 1.19. The van der Waals surface area contributed by atoms with E-state index in [1.807, 2.05) is 6.07 Å². The van der Waals surface area contributed by atoms with Gasteiger partial charge in [-0.3, -0.25) is 4.40 Å². The van der Waals surface area contributed by atoms with Gasteiger partial charge in [0, 0.05) is 17.3 Å². The van der Waals surface area contributed by atoms with Crippen LogP contribution in [-0.2, 0) is 0 Å². The number of benzene rings is 9. The molecule has 9 aromatic carbocycles. The molecule has 0 unspecified atom stereocenters. The SMILES string of the molecule is c1ccc(-c2c(-c3ccc(-c4ccc5c(-c6ccc7ccccc7c6)c6ccccc6c(-c6ccc7ccccc7c6)c5c4)cc3)nc3ccccn23)cc1. The molecule has 0 amide bonds. The summed E-state index contributed by atoms with van der Waals surface area (Å²) < 4.78 is 2.19. The maximum Gasteiger partial charge on any atom is 0.137 e. The Morgan fingerprint density at radius 2 is 0.818 bits per heavy atom. The molecule has 11 rings (SSSR count). The highest BCUT2D eigenvalue weighted by Crippen LogP contribution is 2.46. The summed E-state index contributed by atoms with van der Waals surface area (Å²) in [5.74, 6) is 0. The Kier molecular flexibility index (Phi) is 7.21. The van der Waals surface area contributed by atoms with Gasteiger partial charge >= 0.3 is 0 Å². The minimum atomic E-state index is 0.936. The summed E-state index contributed by atoms with van der Waals surface area (Å²) in [6.45, 7) is 0. The van der Waals surface area contributed by atoms with Crippen molar-refractivity contribution in [2.24, 2.45) is 0 Å². The van der Waals surface area contributed by atoms with Gasteiger partial charge in [0.25, 0.3) is 0 Å². The first kappa shape index (κ1) is 31.3. The van der Waals surface area contributed by atoms with E-state index in [0.29, 0.717) is 0 Å². The van der Waals surface area contributed by atoms with Crippen LogP contribution in [0.4, 0.5) is 0 Å². The van der Waals surface area contributed by atoms with E-state index in [-0.39, 0.29) is 0 Å². The van der Waals surface area contributed by atoms with Gasteiger partial charge in [0.15, 0.2) is 0 Å². The van der Waals surface area contributed by atoms with Crippen molar-refractivity contribution in [2.45, 2.75) is 0 Å². The van der Waals surface area contributed by atoms with Crippen molar-refractivity contribution in [2.75, 3.05) is 0 Å². The van der Waals surface area contributed by atoms with Gasteiger partial charge in [0.05, 0.1) is 11.4 Å². The van der Waals surface area contributed by atoms with Crippen molar-refractivity contribution in [1.82, 2.24) is 9.38 Å². The van der Waals surface area contributed by atoms with Crippen LogP contribution in [0.25, 0.3) is 105 Å². The highest BCUT2D eigenvalue weighted by atomic mass is 15.0. The molecule has 0 bridgehead atoms. The number of fused-ring (bicyclic) bond motifs is 5. The molecule has 2 heteroatoms. The average Bonchev–Trinajstić information content (AvgIpc) is 3.65. The Labute approximate surface area is 319 Å². The molecule has 0 saturated heterocycles. The van der Waals surface area contributed by atoms with E-state index in [1.54, 1.807) is 0 Å². The van der Waals surface area contributed by atoms with E-state index >= 15 is 0 Å². The van der Waals surface area contributed by atoms with E-state index in [0.717, 1.165) is 28.2 Å². The largest absolute Gasteiger partial charge is 0.299 e. The van der Waals surface area contributed by atoms with Crippen LogP contribution in [0.1, 0.15) is 0 Å². The third-order valence-electron chi connectivity index (χ3n) is 11.2. The molecule has 0 radical (unpaired) electrons. The average molecular weight is 699 g/mol. The van der Waals surface area contributed by atoms with Crippen LogP contribution in [0.3, 0.4) is 0 Å². The van der Waals surface area contributed by atoms with E-state index in [1.165, 1.54) is 76.5 Å². The Bertz CT molecular complexity index is 3240. The predicted octanol–water partition coefficient (Wildman–Crippen LogP) is 14.3. The number of rotatable bonds is 5. The van der Waals surface area contributed by atoms with Crippen molar-refractivity contribution < 1.29 is 0 Å². The molecule has 55 heavy (non-hydrogen) atoms. The number of pyridine rings is 1. The molecule has 2 heterocycles. The second-order valence-corrected chi connectivity index (χ2v) is 14.4. The van der Waals surface area contributed by atoms with Crippen LogP contribution >= 0.6 is 0 Å². The Balaban J connectivity index is 1.12. The number of aromatic nitrogens is 2. The number of hydrogen-bond acceptors (Lipinski definition) is 1. The number of hydrogen-bond donors (Lipinski definition) is 0. The van der Waals surface area contributed by atoms with Crippen LogP contribution in [0.15, 0.2) is 206 Å². The Morgan fingerprint density at radius 3 is 1.49 bits per heavy atom. The van der Waals surface area contributed by atoms with Crippen LogP contribution in [0, 0.1) is 0 Å². The summed E-state index contributed by atoms with van der Waals surface area (Å²) >= 11 is 0. The second kappa shape index (κ2) is 12.7. The lowest BCUT2D eigenvalue weighted by Gasteiger charge is -2.19. The fourth-order valence-electron chi connectivity index (χ4n) is 8.56. The van der Waals surface area contributed by atoms with Crippen LogP contribution in [0.5, 0.6) is 0 Å². The van der Waals surface area contributed by atoms with E-state index in [4.69, 9.17) is 4.98 Å². The van der Waals surface area contributed by atoms with Crippen LogP contribution in [0.2, 0.25) is 0 Å².